The minimum atomic E-state index is 0.145. The second-order valence-corrected chi connectivity index (χ2v) is 6.59. The molecule has 0 spiro atoms. The lowest BCUT2D eigenvalue weighted by Gasteiger charge is -2.09. The van der Waals surface area contributed by atoms with E-state index in [0.717, 1.165) is 29.3 Å². The zero-order valence-corrected chi connectivity index (χ0v) is 14.2. The van der Waals surface area contributed by atoms with Gasteiger partial charge in [0.1, 0.15) is 5.69 Å². The first kappa shape index (κ1) is 16.6. The topological polar surface area (TPSA) is 72.7 Å². The predicted octanol–water partition coefficient (Wildman–Crippen LogP) is 2.74. The fraction of sp³-hybridized carbons (Fsp3) is 0.556. The van der Waals surface area contributed by atoms with Crippen LogP contribution in [0.15, 0.2) is 24.5 Å². The Kier molecular flexibility index (Phi) is 5.56. The molecular formula is C18H25N5O. The Morgan fingerprint density at radius 2 is 2.21 bits per heavy atom. The standard InChI is InChI=1S/C18H25N5O/c1-14-12-16(8-9-19-14)17-13-23(22-21-17)11-10-20-18(24)7-6-15-4-2-3-5-15/h8-9,12-13,15H,2-7,10-11H2,1H3,(H,20,24). The summed E-state index contributed by atoms with van der Waals surface area (Å²) in [5, 5.41) is 11.3. The molecule has 128 valence electrons. The second kappa shape index (κ2) is 8.04. The number of aryl methyl sites for hydroxylation is 1. The van der Waals surface area contributed by atoms with Crippen LogP contribution in [-0.4, -0.2) is 32.4 Å². The monoisotopic (exact) mass is 327 g/mol. The summed E-state index contributed by atoms with van der Waals surface area (Å²) in [5.74, 6) is 0.907. The molecule has 0 unspecified atom stereocenters. The zero-order chi connectivity index (χ0) is 16.8. The van der Waals surface area contributed by atoms with E-state index in [-0.39, 0.29) is 5.91 Å². The lowest BCUT2D eigenvalue weighted by Crippen LogP contribution is -2.27. The van der Waals surface area contributed by atoms with Crippen molar-refractivity contribution < 1.29 is 4.79 Å². The number of carbonyl (C=O) groups is 1. The summed E-state index contributed by atoms with van der Waals surface area (Å²) in [6, 6.07) is 3.91. The van der Waals surface area contributed by atoms with Crippen LogP contribution in [0.3, 0.4) is 0 Å². The van der Waals surface area contributed by atoms with Gasteiger partial charge in [0.15, 0.2) is 0 Å². The van der Waals surface area contributed by atoms with Gasteiger partial charge in [0.25, 0.3) is 0 Å². The molecule has 0 aromatic carbocycles. The molecule has 2 aromatic heterocycles. The second-order valence-electron chi connectivity index (χ2n) is 6.59. The molecule has 6 heteroatoms. The average molecular weight is 327 g/mol. The van der Waals surface area contributed by atoms with Gasteiger partial charge in [-0.05, 0) is 31.4 Å². The van der Waals surface area contributed by atoms with Crippen molar-refractivity contribution in [2.24, 2.45) is 5.92 Å². The van der Waals surface area contributed by atoms with Gasteiger partial charge < -0.3 is 5.32 Å². The minimum Gasteiger partial charge on any atom is -0.354 e. The van der Waals surface area contributed by atoms with Crippen LogP contribution < -0.4 is 5.32 Å². The van der Waals surface area contributed by atoms with Gasteiger partial charge in [-0.15, -0.1) is 5.10 Å². The number of rotatable bonds is 7. The van der Waals surface area contributed by atoms with Crippen molar-refractivity contribution in [2.75, 3.05) is 6.54 Å². The smallest absolute Gasteiger partial charge is 0.220 e. The summed E-state index contributed by atoms with van der Waals surface area (Å²) >= 11 is 0. The van der Waals surface area contributed by atoms with Crippen LogP contribution in [0, 0.1) is 12.8 Å². The van der Waals surface area contributed by atoms with Gasteiger partial charge in [0.2, 0.25) is 5.91 Å². The fourth-order valence-electron chi connectivity index (χ4n) is 3.28. The Morgan fingerprint density at radius 3 is 3.00 bits per heavy atom. The van der Waals surface area contributed by atoms with E-state index in [0.29, 0.717) is 19.5 Å². The van der Waals surface area contributed by atoms with Crippen molar-refractivity contribution in [2.45, 2.75) is 52.0 Å². The number of nitrogens with one attached hydrogen (secondary N) is 1. The van der Waals surface area contributed by atoms with E-state index >= 15 is 0 Å². The summed E-state index contributed by atoms with van der Waals surface area (Å²) in [6.07, 6.45) is 10.6. The zero-order valence-electron chi connectivity index (χ0n) is 14.2. The molecule has 0 radical (unpaired) electrons. The number of nitrogens with zero attached hydrogens (tertiary/aromatic N) is 4. The molecule has 2 aromatic rings. The van der Waals surface area contributed by atoms with Crippen molar-refractivity contribution in [3.63, 3.8) is 0 Å². The summed E-state index contributed by atoms with van der Waals surface area (Å²) in [6.45, 7) is 3.17. The first-order valence-electron chi connectivity index (χ1n) is 8.80. The molecule has 3 rings (SSSR count). The molecule has 1 aliphatic rings. The summed E-state index contributed by atoms with van der Waals surface area (Å²) in [4.78, 5) is 16.1. The molecule has 0 atom stereocenters. The SMILES string of the molecule is Cc1cc(-c2cn(CCNC(=O)CCC3CCCC3)nn2)ccn1. The largest absolute Gasteiger partial charge is 0.354 e. The molecule has 24 heavy (non-hydrogen) atoms. The molecule has 0 aliphatic heterocycles. The Balaban J connectivity index is 1.41. The van der Waals surface area contributed by atoms with Crippen molar-refractivity contribution in [3.05, 3.63) is 30.2 Å². The molecule has 2 heterocycles. The Morgan fingerprint density at radius 1 is 1.38 bits per heavy atom. The number of amides is 1. The van der Waals surface area contributed by atoms with Gasteiger partial charge >= 0.3 is 0 Å². The summed E-state index contributed by atoms with van der Waals surface area (Å²) in [5.41, 5.74) is 2.79. The maximum Gasteiger partial charge on any atom is 0.220 e. The number of hydrogen-bond donors (Lipinski definition) is 1. The molecule has 1 amide bonds. The highest BCUT2D eigenvalue weighted by Crippen LogP contribution is 2.28. The molecule has 1 fully saturated rings. The van der Waals surface area contributed by atoms with Crippen LogP contribution >= 0.6 is 0 Å². The van der Waals surface area contributed by atoms with E-state index in [4.69, 9.17) is 0 Å². The minimum absolute atomic E-state index is 0.145. The lowest BCUT2D eigenvalue weighted by molar-refractivity contribution is -0.121. The van der Waals surface area contributed by atoms with E-state index in [1.165, 1.54) is 25.7 Å². The Labute approximate surface area is 142 Å². The Hall–Kier alpha value is -2.24. The number of hydrogen-bond acceptors (Lipinski definition) is 4. The third-order valence-electron chi connectivity index (χ3n) is 4.65. The molecule has 1 aliphatic carbocycles. The molecule has 1 N–H and O–H groups in total. The molecule has 0 bridgehead atoms. The first-order chi connectivity index (χ1) is 11.7. The van der Waals surface area contributed by atoms with Gasteiger partial charge in [-0.25, -0.2) is 0 Å². The maximum absolute atomic E-state index is 11.9. The van der Waals surface area contributed by atoms with Crippen LogP contribution in [0.1, 0.15) is 44.2 Å². The van der Waals surface area contributed by atoms with Gasteiger partial charge in [-0.3, -0.25) is 14.5 Å². The van der Waals surface area contributed by atoms with E-state index in [1.54, 1.807) is 10.9 Å². The molecule has 1 saturated carbocycles. The van der Waals surface area contributed by atoms with Gasteiger partial charge in [-0.1, -0.05) is 30.9 Å². The first-order valence-corrected chi connectivity index (χ1v) is 8.80. The number of carbonyl (C=O) groups excluding carboxylic acids is 1. The van der Waals surface area contributed by atoms with Gasteiger partial charge in [-0.2, -0.15) is 0 Å². The van der Waals surface area contributed by atoms with Crippen LogP contribution in [0.2, 0.25) is 0 Å². The highest BCUT2D eigenvalue weighted by molar-refractivity contribution is 5.75. The molecular weight excluding hydrogens is 302 g/mol. The van der Waals surface area contributed by atoms with E-state index in [9.17, 15) is 4.79 Å². The van der Waals surface area contributed by atoms with Crippen molar-refractivity contribution >= 4 is 5.91 Å². The lowest BCUT2D eigenvalue weighted by atomic mass is 10.0. The van der Waals surface area contributed by atoms with Gasteiger partial charge in [0, 0.05) is 30.4 Å². The highest BCUT2D eigenvalue weighted by Gasteiger charge is 2.15. The fourth-order valence-corrected chi connectivity index (χ4v) is 3.28. The third-order valence-corrected chi connectivity index (χ3v) is 4.65. The van der Waals surface area contributed by atoms with Crippen LogP contribution in [-0.2, 0) is 11.3 Å². The molecule has 0 saturated heterocycles. The Bertz CT molecular complexity index is 676. The van der Waals surface area contributed by atoms with Crippen LogP contribution in [0.4, 0.5) is 0 Å². The van der Waals surface area contributed by atoms with Crippen LogP contribution in [0.5, 0.6) is 0 Å². The van der Waals surface area contributed by atoms with Crippen LogP contribution in [0.25, 0.3) is 11.3 Å². The maximum atomic E-state index is 11.9. The van der Waals surface area contributed by atoms with Gasteiger partial charge in [0.05, 0.1) is 12.7 Å². The third kappa shape index (κ3) is 4.63. The van der Waals surface area contributed by atoms with Crippen molar-refractivity contribution in [3.8, 4) is 11.3 Å². The van der Waals surface area contributed by atoms with Crippen molar-refractivity contribution in [1.29, 1.82) is 0 Å². The predicted molar refractivity (Wildman–Crippen MR) is 92.2 cm³/mol. The van der Waals surface area contributed by atoms with E-state index in [2.05, 4.69) is 20.6 Å². The van der Waals surface area contributed by atoms with E-state index in [1.807, 2.05) is 25.3 Å². The quantitative estimate of drug-likeness (QED) is 0.848. The number of pyridine rings is 1. The summed E-state index contributed by atoms with van der Waals surface area (Å²) in [7, 11) is 0. The average Bonchev–Trinajstić information content (AvgIpc) is 3.25. The number of aromatic nitrogens is 4. The highest BCUT2D eigenvalue weighted by atomic mass is 16.1. The normalized spacial score (nSPS) is 14.9. The summed E-state index contributed by atoms with van der Waals surface area (Å²) < 4.78 is 1.77. The van der Waals surface area contributed by atoms with Crippen molar-refractivity contribution in [1.82, 2.24) is 25.3 Å². The van der Waals surface area contributed by atoms with E-state index < -0.39 is 0 Å². The molecule has 6 nitrogen and oxygen atoms in total.